The molecule has 0 unspecified atom stereocenters. The number of hydrogen-bond acceptors (Lipinski definition) is 4. The third kappa shape index (κ3) is 4.48. The first-order chi connectivity index (χ1) is 15.7. The number of benzene rings is 2. The van der Waals surface area contributed by atoms with E-state index < -0.39 is 47.9 Å². The van der Waals surface area contributed by atoms with Crippen LogP contribution in [0.15, 0.2) is 35.5 Å². The van der Waals surface area contributed by atoms with E-state index in [-0.39, 0.29) is 37.1 Å². The van der Waals surface area contributed by atoms with Crippen LogP contribution in [0.3, 0.4) is 0 Å². The summed E-state index contributed by atoms with van der Waals surface area (Å²) in [6.45, 7) is 0. The van der Waals surface area contributed by atoms with Crippen LogP contribution < -0.4 is 10.9 Å². The highest BCUT2D eigenvalue weighted by Gasteiger charge is 2.63. The number of carbonyl (C=O) groups excluding carboxylic acids is 1. The molecule has 5 nitrogen and oxygen atoms in total. The van der Waals surface area contributed by atoms with E-state index in [1.165, 1.54) is 18.2 Å². The molecular weight excluding hydrogens is 551 g/mol. The molecule has 2 aliphatic rings. The molecule has 2 atom stereocenters. The fourth-order valence-electron chi connectivity index (χ4n) is 3.36. The van der Waals surface area contributed by atoms with Gasteiger partial charge in [-0.2, -0.15) is 13.2 Å². The molecule has 34 heavy (non-hydrogen) atoms. The van der Waals surface area contributed by atoms with Gasteiger partial charge in [0, 0.05) is 24.0 Å². The number of anilines is 1. The Kier molecular flexibility index (Phi) is 6.33. The largest absolute Gasteiger partial charge is 0.435 e. The summed E-state index contributed by atoms with van der Waals surface area (Å²) in [6, 6.07) is 6.02. The average Bonchev–Trinajstić information content (AvgIpc) is 3.17. The summed E-state index contributed by atoms with van der Waals surface area (Å²) in [6.07, 6.45) is -6.23. The van der Waals surface area contributed by atoms with Gasteiger partial charge in [0.05, 0.1) is 31.5 Å². The van der Waals surface area contributed by atoms with Crippen LogP contribution in [0.1, 0.15) is 24.0 Å². The molecule has 1 saturated carbocycles. The van der Waals surface area contributed by atoms with E-state index in [1.807, 2.05) is 0 Å². The van der Waals surface area contributed by atoms with Crippen LogP contribution in [0.2, 0.25) is 20.1 Å². The zero-order valence-electron chi connectivity index (χ0n) is 16.5. The summed E-state index contributed by atoms with van der Waals surface area (Å²) in [7, 11) is 0. The van der Waals surface area contributed by atoms with Crippen LogP contribution >= 0.6 is 46.4 Å². The first-order valence-corrected chi connectivity index (χ1v) is 11.0. The lowest BCUT2D eigenvalue weighted by atomic mass is 9.86. The van der Waals surface area contributed by atoms with Crippen molar-refractivity contribution in [2.45, 2.75) is 30.5 Å². The number of nitrogens with one attached hydrogen (secondary N) is 2. The zero-order chi connectivity index (χ0) is 25.1. The fraction of sp³-hybridized carbons (Fsp3) is 0.300. The van der Waals surface area contributed by atoms with Crippen LogP contribution in [0.25, 0.3) is 0 Å². The molecule has 1 fully saturated rings. The Hall–Kier alpha value is -2.01. The van der Waals surface area contributed by atoms with Gasteiger partial charge in [-0.05, 0) is 24.3 Å². The lowest BCUT2D eigenvalue weighted by Gasteiger charge is -2.30. The van der Waals surface area contributed by atoms with Crippen LogP contribution in [0.5, 0.6) is 0 Å². The van der Waals surface area contributed by atoms with Gasteiger partial charge >= 0.3 is 6.18 Å². The number of hydrogen-bond donors (Lipinski definition) is 2. The molecule has 1 aliphatic heterocycles. The Bertz CT molecular complexity index is 1180. The average molecular weight is 563 g/mol. The van der Waals surface area contributed by atoms with Crippen molar-refractivity contribution in [3.8, 4) is 0 Å². The number of carbonyl (C=O) groups is 1. The molecule has 2 aromatic rings. The minimum atomic E-state index is -4.92. The standard InChI is InChI=1S/C20H12Cl4F5N3O2/c21-11-2-1-8(3-14(11)30-31-17(33)10-6-19(10,25)26)15-7-18(34-32-15,20(27,28)29)9-4-12(22)16(24)13(23)5-9/h1-5,10,30H,6-7H2,(H,31,33)/t10-,18-/m0/s1. The van der Waals surface area contributed by atoms with Gasteiger partial charge in [0.1, 0.15) is 5.92 Å². The molecule has 0 aromatic heterocycles. The van der Waals surface area contributed by atoms with E-state index in [0.29, 0.717) is 0 Å². The van der Waals surface area contributed by atoms with Gasteiger partial charge in [-0.3, -0.25) is 15.6 Å². The lowest BCUT2D eigenvalue weighted by molar-refractivity contribution is -0.275. The Balaban J connectivity index is 1.59. The second kappa shape index (κ2) is 8.58. The van der Waals surface area contributed by atoms with Gasteiger partial charge in [0.25, 0.3) is 11.5 Å². The van der Waals surface area contributed by atoms with Crippen molar-refractivity contribution in [2.24, 2.45) is 11.1 Å². The number of hydrazine groups is 1. The smallest absolute Gasteiger partial charge is 0.374 e. The zero-order valence-corrected chi connectivity index (χ0v) is 19.6. The van der Waals surface area contributed by atoms with Crippen molar-refractivity contribution in [1.29, 1.82) is 0 Å². The molecule has 182 valence electrons. The summed E-state index contributed by atoms with van der Waals surface area (Å²) in [5.41, 5.74) is 1.37. The lowest BCUT2D eigenvalue weighted by Crippen LogP contribution is -2.42. The van der Waals surface area contributed by atoms with Gasteiger partial charge in [0.2, 0.25) is 5.91 Å². The quantitative estimate of drug-likeness (QED) is 0.235. The molecule has 1 heterocycles. The number of amides is 1. The van der Waals surface area contributed by atoms with Gasteiger partial charge in [0.15, 0.2) is 0 Å². The van der Waals surface area contributed by atoms with E-state index >= 15 is 0 Å². The monoisotopic (exact) mass is 561 g/mol. The van der Waals surface area contributed by atoms with Crippen molar-refractivity contribution in [3.05, 3.63) is 61.5 Å². The van der Waals surface area contributed by atoms with Crippen LogP contribution in [-0.2, 0) is 15.2 Å². The molecular formula is C20H12Cl4F5N3O2. The Labute approximate surface area is 209 Å². The molecule has 0 bridgehead atoms. The predicted octanol–water partition coefficient (Wildman–Crippen LogP) is 6.98. The SMILES string of the molecule is O=C(NNc1cc(C2=NO[C@@](c3cc(Cl)c(Cl)c(Cl)c3)(C(F)(F)F)C2)ccc1Cl)[C@@H]1CC1(F)F. The highest BCUT2D eigenvalue weighted by atomic mass is 35.5. The number of nitrogens with zero attached hydrogens (tertiary/aromatic N) is 1. The van der Waals surface area contributed by atoms with Crippen molar-refractivity contribution >= 4 is 63.7 Å². The van der Waals surface area contributed by atoms with E-state index in [4.69, 9.17) is 51.2 Å². The first-order valence-electron chi connectivity index (χ1n) is 9.45. The van der Waals surface area contributed by atoms with E-state index in [9.17, 15) is 26.7 Å². The van der Waals surface area contributed by atoms with Crippen LogP contribution in [-0.4, -0.2) is 23.7 Å². The molecule has 0 radical (unpaired) electrons. The first kappa shape index (κ1) is 25.1. The van der Waals surface area contributed by atoms with Crippen molar-refractivity contribution in [3.63, 3.8) is 0 Å². The maximum Gasteiger partial charge on any atom is 0.435 e. The third-order valence-electron chi connectivity index (χ3n) is 5.40. The molecule has 2 N–H and O–H groups in total. The van der Waals surface area contributed by atoms with Crippen LogP contribution in [0.4, 0.5) is 27.6 Å². The van der Waals surface area contributed by atoms with E-state index in [0.717, 1.165) is 12.1 Å². The predicted molar refractivity (Wildman–Crippen MR) is 118 cm³/mol. The Morgan fingerprint density at radius 3 is 2.24 bits per heavy atom. The number of alkyl halides is 5. The van der Waals surface area contributed by atoms with Gasteiger partial charge < -0.3 is 4.84 Å². The Morgan fingerprint density at radius 1 is 1.06 bits per heavy atom. The van der Waals surface area contributed by atoms with Gasteiger partial charge in [-0.15, -0.1) is 0 Å². The Morgan fingerprint density at radius 2 is 1.68 bits per heavy atom. The number of rotatable bonds is 5. The van der Waals surface area contributed by atoms with E-state index in [1.54, 1.807) is 0 Å². The highest BCUT2D eigenvalue weighted by Crippen LogP contribution is 2.51. The van der Waals surface area contributed by atoms with Crippen molar-refractivity contribution in [2.75, 3.05) is 5.43 Å². The molecule has 4 rings (SSSR count). The number of halogens is 9. The summed E-state index contributed by atoms with van der Waals surface area (Å²) < 4.78 is 68.7. The summed E-state index contributed by atoms with van der Waals surface area (Å²) in [5, 5.41) is 3.20. The van der Waals surface area contributed by atoms with E-state index in [2.05, 4.69) is 16.0 Å². The van der Waals surface area contributed by atoms with Crippen LogP contribution in [0, 0.1) is 5.92 Å². The normalized spacial score (nSPS) is 23.2. The fourth-order valence-corrected chi connectivity index (χ4v) is 4.12. The third-order valence-corrected chi connectivity index (χ3v) is 6.92. The molecule has 0 spiro atoms. The van der Waals surface area contributed by atoms with Crippen molar-refractivity contribution < 1.29 is 31.6 Å². The number of oxime groups is 1. The molecule has 1 amide bonds. The second-order valence-corrected chi connectivity index (χ2v) is 9.31. The molecule has 1 aliphatic carbocycles. The summed E-state index contributed by atoms with van der Waals surface area (Å²) in [4.78, 5) is 16.7. The highest BCUT2D eigenvalue weighted by molar-refractivity contribution is 6.48. The summed E-state index contributed by atoms with van der Waals surface area (Å²) >= 11 is 23.8. The maximum atomic E-state index is 14.2. The minimum Gasteiger partial charge on any atom is -0.374 e. The van der Waals surface area contributed by atoms with Gasteiger partial charge in [-0.1, -0.05) is 57.6 Å². The van der Waals surface area contributed by atoms with Crippen molar-refractivity contribution in [1.82, 2.24) is 5.43 Å². The van der Waals surface area contributed by atoms with Gasteiger partial charge in [-0.25, -0.2) is 8.78 Å². The topological polar surface area (TPSA) is 62.7 Å². The molecule has 0 saturated heterocycles. The minimum absolute atomic E-state index is 0.0567. The maximum absolute atomic E-state index is 14.2. The summed E-state index contributed by atoms with van der Waals surface area (Å²) in [5.74, 6) is -5.47. The second-order valence-electron chi connectivity index (χ2n) is 7.71. The molecule has 14 heteroatoms. The molecule has 2 aromatic carbocycles.